The second kappa shape index (κ2) is 6.62. The van der Waals surface area contributed by atoms with Crippen LogP contribution >= 0.6 is 11.3 Å². The Labute approximate surface area is 137 Å². The molecule has 2 heterocycles. The molecule has 0 aliphatic heterocycles. The molecule has 0 saturated carbocycles. The number of hydrogen-bond donors (Lipinski definition) is 1. The van der Waals surface area contributed by atoms with Crippen LogP contribution in [-0.4, -0.2) is 29.7 Å². The molecule has 0 radical (unpaired) electrons. The fourth-order valence-electron chi connectivity index (χ4n) is 2.17. The minimum atomic E-state index is -0.373. The molecule has 2 aromatic heterocycles. The Kier molecular flexibility index (Phi) is 4.38. The van der Waals surface area contributed by atoms with E-state index in [2.05, 4.69) is 15.3 Å². The zero-order valence-corrected chi connectivity index (χ0v) is 13.5. The van der Waals surface area contributed by atoms with E-state index in [0.29, 0.717) is 23.4 Å². The highest BCUT2D eigenvalue weighted by Crippen LogP contribution is 2.32. The van der Waals surface area contributed by atoms with Gasteiger partial charge >= 0.3 is 5.97 Å². The number of nitrogens with zero attached hydrogens (tertiary/aromatic N) is 2. The van der Waals surface area contributed by atoms with Gasteiger partial charge in [0.2, 0.25) is 0 Å². The van der Waals surface area contributed by atoms with Gasteiger partial charge in [-0.3, -0.25) is 0 Å². The van der Waals surface area contributed by atoms with E-state index in [4.69, 9.17) is 9.47 Å². The van der Waals surface area contributed by atoms with Crippen LogP contribution in [-0.2, 0) is 4.74 Å². The molecule has 0 atom stereocenters. The summed E-state index contributed by atoms with van der Waals surface area (Å²) in [5.41, 5.74) is 1.28. The quantitative estimate of drug-likeness (QED) is 0.721. The SMILES string of the molecule is CCOC(=O)c1csc2ncnc(Nc3cccc(OC)c3)c12. The van der Waals surface area contributed by atoms with Gasteiger partial charge in [-0.05, 0) is 19.1 Å². The molecule has 1 N–H and O–H groups in total. The lowest BCUT2D eigenvalue weighted by Crippen LogP contribution is -2.05. The Hall–Kier alpha value is -2.67. The van der Waals surface area contributed by atoms with E-state index in [0.717, 1.165) is 16.3 Å². The molecule has 0 aliphatic carbocycles. The highest BCUT2D eigenvalue weighted by Gasteiger charge is 2.18. The van der Waals surface area contributed by atoms with Gasteiger partial charge in [-0.2, -0.15) is 0 Å². The van der Waals surface area contributed by atoms with E-state index < -0.39 is 0 Å². The van der Waals surface area contributed by atoms with Crippen molar-refractivity contribution in [3.63, 3.8) is 0 Å². The first kappa shape index (κ1) is 15.2. The summed E-state index contributed by atoms with van der Waals surface area (Å²) in [6.45, 7) is 2.10. The van der Waals surface area contributed by atoms with Crippen LogP contribution in [0.15, 0.2) is 36.0 Å². The van der Waals surface area contributed by atoms with Crippen molar-refractivity contribution < 1.29 is 14.3 Å². The summed E-state index contributed by atoms with van der Waals surface area (Å²) < 4.78 is 10.3. The van der Waals surface area contributed by atoms with Gasteiger partial charge in [-0.1, -0.05) is 6.07 Å². The summed E-state index contributed by atoms with van der Waals surface area (Å²) in [5, 5.41) is 5.62. The predicted molar refractivity (Wildman–Crippen MR) is 89.6 cm³/mol. The third-order valence-electron chi connectivity index (χ3n) is 3.20. The smallest absolute Gasteiger partial charge is 0.339 e. The molecule has 0 spiro atoms. The van der Waals surface area contributed by atoms with Crippen LogP contribution in [0.1, 0.15) is 17.3 Å². The van der Waals surface area contributed by atoms with Crippen LogP contribution in [0.2, 0.25) is 0 Å². The Bertz CT molecular complexity index is 847. The first-order chi connectivity index (χ1) is 11.2. The fraction of sp³-hybridized carbons (Fsp3) is 0.188. The number of carbonyl (C=O) groups excluding carboxylic acids is 1. The molecular formula is C16H15N3O3S. The largest absolute Gasteiger partial charge is 0.497 e. The van der Waals surface area contributed by atoms with Gasteiger partial charge in [0, 0.05) is 17.1 Å². The van der Waals surface area contributed by atoms with Gasteiger partial charge < -0.3 is 14.8 Å². The fourth-order valence-corrected chi connectivity index (χ4v) is 3.04. The normalized spacial score (nSPS) is 10.5. The summed E-state index contributed by atoms with van der Waals surface area (Å²) in [6, 6.07) is 7.48. The summed E-state index contributed by atoms with van der Waals surface area (Å²) in [4.78, 5) is 21.3. The monoisotopic (exact) mass is 329 g/mol. The lowest BCUT2D eigenvalue weighted by molar-refractivity contribution is 0.0529. The Morgan fingerprint density at radius 1 is 1.35 bits per heavy atom. The molecule has 7 heteroatoms. The molecule has 0 saturated heterocycles. The third-order valence-corrected chi connectivity index (χ3v) is 4.08. The van der Waals surface area contributed by atoms with Crippen molar-refractivity contribution in [2.45, 2.75) is 6.92 Å². The van der Waals surface area contributed by atoms with Gasteiger partial charge in [0.05, 0.1) is 24.7 Å². The van der Waals surface area contributed by atoms with Crippen molar-refractivity contribution in [1.82, 2.24) is 9.97 Å². The zero-order valence-electron chi connectivity index (χ0n) is 12.7. The van der Waals surface area contributed by atoms with Gasteiger partial charge in [0.25, 0.3) is 0 Å². The van der Waals surface area contributed by atoms with Crippen LogP contribution in [0.25, 0.3) is 10.2 Å². The molecule has 0 fully saturated rings. The molecular weight excluding hydrogens is 314 g/mol. The molecule has 0 amide bonds. The Morgan fingerprint density at radius 2 is 2.22 bits per heavy atom. The molecule has 0 aliphatic rings. The lowest BCUT2D eigenvalue weighted by atomic mass is 10.2. The summed E-state index contributed by atoms with van der Waals surface area (Å²) in [6.07, 6.45) is 1.47. The number of ether oxygens (including phenoxy) is 2. The number of benzene rings is 1. The second-order valence-corrected chi connectivity index (χ2v) is 5.49. The average molecular weight is 329 g/mol. The predicted octanol–water partition coefficient (Wildman–Crippen LogP) is 3.62. The maximum atomic E-state index is 12.1. The van der Waals surface area contributed by atoms with Crippen LogP contribution < -0.4 is 10.1 Å². The number of hydrogen-bond acceptors (Lipinski definition) is 7. The van der Waals surface area contributed by atoms with E-state index in [9.17, 15) is 4.79 Å². The van der Waals surface area contributed by atoms with Crippen molar-refractivity contribution in [1.29, 1.82) is 0 Å². The van der Waals surface area contributed by atoms with Crippen molar-refractivity contribution in [3.05, 3.63) is 41.5 Å². The number of fused-ring (bicyclic) bond motifs is 1. The number of rotatable bonds is 5. The molecule has 0 bridgehead atoms. The molecule has 6 nitrogen and oxygen atoms in total. The zero-order chi connectivity index (χ0) is 16.2. The van der Waals surface area contributed by atoms with E-state index in [1.54, 1.807) is 19.4 Å². The average Bonchev–Trinajstić information content (AvgIpc) is 3.00. The maximum absolute atomic E-state index is 12.1. The Morgan fingerprint density at radius 3 is 3.00 bits per heavy atom. The number of esters is 1. The number of thiophene rings is 1. The van der Waals surface area contributed by atoms with E-state index >= 15 is 0 Å². The first-order valence-corrected chi connectivity index (χ1v) is 7.91. The number of carbonyl (C=O) groups is 1. The Balaban J connectivity index is 2.03. The van der Waals surface area contributed by atoms with E-state index in [1.807, 2.05) is 24.3 Å². The molecule has 1 aromatic carbocycles. The number of anilines is 2. The van der Waals surface area contributed by atoms with Crippen LogP contribution in [0.5, 0.6) is 5.75 Å². The van der Waals surface area contributed by atoms with E-state index in [1.165, 1.54) is 17.7 Å². The van der Waals surface area contributed by atoms with Crippen LogP contribution in [0, 0.1) is 0 Å². The molecule has 3 aromatic rings. The summed E-state index contributed by atoms with van der Waals surface area (Å²) in [7, 11) is 1.61. The number of nitrogens with one attached hydrogen (secondary N) is 1. The van der Waals surface area contributed by atoms with Gasteiger partial charge in [0.1, 0.15) is 22.7 Å². The number of aromatic nitrogens is 2. The van der Waals surface area contributed by atoms with Crippen molar-refractivity contribution in [2.75, 3.05) is 19.0 Å². The van der Waals surface area contributed by atoms with Gasteiger partial charge in [0.15, 0.2) is 0 Å². The standard InChI is InChI=1S/C16H15N3O3S/c1-3-22-16(20)12-8-23-15-13(12)14(17-9-18-15)19-10-5-4-6-11(7-10)21-2/h4-9H,3H2,1-2H3,(H,17,18,19). The third kappa shape index (κ3) is 3.09. The molecule has 118 valence electrons. The summed E-state index contributed by atoms with van der Waals surface area (Å²) >= 11 is 1.38. The summed E-state index contributed by atoms with van der Waals surface area (Å²) in [5.74, 6) is 0.922. The van der Waals surface area contributed by atoms with Crippen LogP contribution in [0.4, 0.5) is 11.5 Å². The van der Waals surface area contributed by atoms with Crippen molar-refractivity contribution in [2.24, 2.45) is 0 Å². The molecule has 23 heavy (non-hydrogen) atoms. The highest BCUT2D eigenvalue weighted by atomic mass is 32.1. The highest BCUT2D eigenvalue weighted by molar-refractivity contribution is 7.17. The lowest BCUT2D eigenvalue weighted by Gasteiger charge is -2.09. The molecule has 0 unspecified atom stereocenters. The van der Waals surface area contributed by atoms with Crippen LogP contribution in [0.3, 0.4) is 0 Å². The second-order valence-electron chi connectivity index (χ2n) is 4.63. The van der Waals surface area contributed by atoms with E-state index in [-0.39, 0.29) is 5.97 Å². The minimum Gasteiger partial charge on any atom is -0.497 e. The minimum absolute atomic E-state index is 0.322. The van der Waals surface area contributed by atoms with Crippen molar-refractivity contribution >= 4 is 39.0 Å². The topological polar surface area (TPSA) is 73.3 Å². The maximum Gasteiger partial charge on any atom is 0.339 e. The molecule has 3 rings (SSSR count). The van der Waals surface area contributed by atoms with Gasteiger partial charge in [-0.25, -0.2) is 14.8 Å². The number of methoxy groups -OCH3 is 1. The first-order valence-electron chi connectivity index (χ1n) is 7.03. The van der Waals surface area contributed by atoms with Gasteiger partial charge in [-0.15, -0.1) is 11.3 Å². The van der Waals surface area contributed by atoms with Crippen molar-refractivity contribution in [3.8, 4) is 5.75 Å².